The van der Waals surface area contributed by atoms with Gasteiger partial charge in [-0.25, -0.2) is 4.98 Å². The summed E-state index contributed by atoms with van der Waals surface area (Å²) < 4.78 is 13.2. The number of benzene rings is 1. The van der Waals surface area contributed by atoms with Gasteiger partial charge >= 0.3 is 0 Å². The number of hydrogen-bond acceptors (Lipinski definition) is 4. The number of fused-ring (bicyclic) bond motifs is 2. The Morgan fingerprint density at radius 1 is 1.27 bits per heavy atom. The van der Waals surface area contributed by atoms with Crippen LogP contribution in [-0.2, 0) is 17.8 Å². The number of ether oxygens (including phenoxy) is 2. The molecule has 0 atom stereocenters. The van der Waals surface area contributed by atoms with Gasteiger partial charge in [0.25, 0.3) is 0 Å². The standard InChI is InChI=1S/C16H21N3O3/c1-3-5-17-16(20)10-19-12-9-14-13(21-6-7-22-14)8-11(12)18-15(19)4-2/h8-9H,3-7,10H2,1-2H3,(H,17,20). The summed E-state index contributed by atoms with van der Waals surface area (Å²) >= 11 is 0. The molecule has 6 heteroatoms. The molecule has 0 saturated heterocycles. The van der Waals surface area contributed by atoms with Gasteiger partial charge in [-0.15, -0.1) is 0 Å². The Morgan fingerprint density at radius 3 is 2.68 bits per heavy atom. The van der Waals surface area contributed by atoms with E-state index in [0.29, 0.717) is 19.8 Å². The molecule has 2 heterocycles. The molecule has 2 aromatic rings. The molecule has 6 nitrogen and oxygen atoms in total. The van der Waals surface area contributed by atoms with Crippen LogP contribution in [0.15, 0.2) is 12.1 Å². The molecule has 3 rings (SSSR count). The lowest BCUT2D eigenvalue weighted by Crippen LogP contribution is -2.28. The monoisotopic (exact) mass is 303 g/mol. The van der Waals surface area contributed by atoms with E-state index in [1.807, 2.05) is 30.5 Å². The molecular weight excluding hydrogens is 282 g/mol. The van der Waals surface area contributed by atoms with Crippen LogP contribution in [0, 0.1) is 0 Å². The van der Waals surface area contributed by atoms with Crippen LogP contribution in [0.4, 0.5) is 0 Å². The van der Waals surface area contributed by atoms with Crippen LogP contribution < -0.4 is 14.8 Å². The maximum atomic E-state index is 12.1. The van der Waals surface area contributed by atoms with Crippen LogP contribution >= 0.6 is 0 Å². The highest BCUT2D eigenvalue weighted by atomic mass is 16.6. The Labute approximate surface area is 129 Å². The maximum Gasteiger partial charge on any atom is 0.240 e. The normalized spacial score (nSPS) is 13.4. The third-order valence-electron chi connectivity index (χ3n) is 3.68. The molecule has 0 spiro atoms. The van der Waals surface area contributed by atoms with Gasteiger partial charge in [-0.1, -0.05) is 13.8 Å². The number of imidazole rings is 1. The van der Waals surface area contributed by atoms with Crippen molar-refractivity contribution in [1.82, 2.24) is 14.9 Å². The van der Waals surface area contributed by atoms with Crippen molar-refractivity contribution in [3.63, 3.8) is 0 Å². The van der Waals surface area contributed by atoms with Crippen molar-refractivity contribution in [1.29, 1.82) is 0 Å². The number of aryl methyl sites for hydroxylation is 1. The second-order valence-electron chi connectivity index (χ2n) is 5.30. The molecule has 0 bridgehead atoms. The van der Waals surface area contributed by atoms with Gasteiger partial charge in [0.1, 0.15) is 25.6 Å². The van der Waals surface area contributed by atoms with Gasteiger partial charge in [0.15, 0.2) is 11.5 Å². The summed E-state index contributed by atoms with van der Waals surface area (Å²) in [5.74, 6) is 2.34. The lowest BCUT2D eigenvalue weighted by molar-refractivity contribution is -0.121. The first kappa shape index (κ1) is 14.7. The summed E-state index contributed by atoms with van der Waals surface area (Å²) in [5.41, 5.74) is 1.75. The second kappa shape index (κ2) is 6.25. The highest BCUT2D eigenvalue weighted by Gasteiger charge is 2.18. The van der Waals surface area contributed by atoms with Gasteiger partial charge in [0.2, 0.25) is 5.91 Å². The van der Waals surface area contributed by atoms with Gasteiger partial charge in [-0.05, 0) is 6.42 Å². The lowest BCUT2D eigenvalue weighted by Gasteiger charge is -2.18. The Kier molecular flexibility index (Phi) is 4.18. The van der Waals surface area contributed by atoms with E-state index in [2.05, 4.69) is 10.3 Å². The number of aromatic nitrogens is 2. The van der Waals surface area contributed by atoms with E-state index < -0.39 is 0 Å². The Hall–Kier alpha value is -2.24. The van der Waals surface area contributed by atoms with Crippen molar-refractivity contribution >= 4 is 16.9 Å². The van der Waals surface area contributed by atoms with Crippen LogP contribution in [0.25, 0.3) is 11.0 Å². The van der Waals surface area contributed by atoms with E-state index >= 15 is 0 Å². The number of nitrogens with one attached hydrogen (secondary N) is 1. The van der Waals surface area contributed by atoms with Gasteiger partial charge in [0, 0.05) is 25.1 Å². The van der Waals surface area contributed by atoms with Gasteiger partial charge in [0.05, 0.1) is 11.0 Å². The van der Waals surface area contributed by atoms with E-state index in [1.165, 1.54) is 0 Å². The zero-order chi connectivity index (χ0) is 15.5. The fourth-order valence-corrected chi connectivity index (χ4v) is 2.62. The Bertz CT molecular complexity index is 693. The molecule has 1 aliphatic heterocycles. The molecule has 0 fully saturated rings. The van der Waals surface area contributed by atoms with Crippen molar-refractivity contribution < 1.29 is 14.3 Å². The topological polar surface area (TPSA) is 65.4 Å². The molecule has 1 amide bonds. The molecule has 0 radical (unpaired) electrons. The Morgan fingerprint density at radius 2 is 2.00 bits per heavy atom. The smallest absolute Gasteiger partial charge is 0.240 e. The first-order valence-corrected chi connectivity index (χ1v) is 7.78. The molecule has 1 N–H and O–H groups in total. The van der Waals surface area contributed by atoms with E-state index in [4.69, 9.17) is 9.47 Å². The van der Waals surface area contributed by atoms with Crippen molar-refractivity contribution in [3.8, 4) is 11.5 Å². The minimum Gasteiger partial charge on any atom is -0.486 e. The summed E-state index contributed by atoms with van der Waals surface area (Å²) in [5, 5.41) is 2.91. The quantitative estimate of drug-likeness (QED) is 0.916. The van der Waals surface area contributed by atoms with Crippen molar-refractivity contribution in [2.75, 3.05) is 19.8 Å². The first-order chi connectivity index (χ1) is 10.7. The van der Waals surface area contributed by atoms with E-state index in [0.717, 1.165) is 41.2 Å². The lowest BCUT2D eigenvalue weighted by atomic mass is 10.2. The number of amides is 1. The number of carbonyl (C=O) groups excluding carboxylic acids is 1. The summed E-state index contributed by atoms with van der Waals surface area (Å²) in [4.78, 5) is 16.7. The van der Waals surface area contributed by atoms with Crippen molar-refractivity contribution in [2.24, 2.45) is 0 Å². The summed E-state index contributed by atoms with van der Waals surface area (Å²) in [6.07, 6.45) is 1.69. The van der Waals surface area contributed by atoms with E-state index in [1.54, 1.807) is 0 Å². The van der Waals surface area contributed by atoms with E-state index in [-0.39, 0.29) is 12.5 Å². The maximum absolute atomic E-state index is 12.1. The fourth-order valence-electron chi connectivity index (χ4n) is 2.62. The van der Waals surface area contributed by atoms with Crippen LogP contribution in [0.3, 0.4) is 0 Å². The third-order valence-corrected chi connectivity index (χ3v) is 3.68. The van der Waals surface area contributed by atoms with Crippen LogP contribution in [0.5, 0.6) is 11.5 Å². The van der Waals surface area contributed by atoms with Crippen molar-refractivity contribution in [2.45, 2.75) is 33.2 Å². The molecule has 0 aliphatic carbocycles. The van der Waals surface area contributed by atoms with Gasteiger partial charge in [-0.2, -0.15) is 0 Å². The fraction of sp³-hybridized carbons (Fsp3) is 0.500. The minimum absolute atomic E-state index is 0.00531. The third kappa shape index (κ3) is 2.73. The number of rotatable bonds is 5. The highest BCUT2D eigenvalue weighted by molar-refractivity contribution is 5.83. The molecule has 1 aromatic carbocycles. The number of hydrogen-bond donors (Lipinski definition) is 1. The highest BCUT2D eigenvalue weighted by Crippen LogP contribution is 2.34. The molecule has 0 saturated carbocycles. The van der Waals surface area contributed by atoms with Crippen LogP contribution in [-0.4, -0.2) is 35.2 Å². The van der Waals surface area contributed by atoms with Crippen LogP contribution in [0.2, 0.25) is 0 Å². The zero-order valence-electron chi connectivity index (χ0n) is 13.0. The first-order valence-electron chi connectivity index (χ1n) is 7.78. The molecular formula is C16H21N3O3. The average molecular weight is 303 g/mol. The molecule has 118 valence electrons. The predicted octanol–water partition coefficient (Wildman–Crippen LogP) is 1.90. The SMILES string of the molecule is CCCNC(=O)Cn1c(CC)nc2cc3c(cc21)OCCO3. The number of nitrogens with zero attached hydrogens (tertiary/aromatic N) is 2. The minimum atomic E-state index is 0.00531. The Balaban J connectivity index is 1.98. The largest absolute Gasteiger partial charge is 0.486 e. The van der Waals surface area contributed by atoms with Gasteiger partial charge in [-0.3, -0.25) is 4.79 Å². The molecule has 22 heavy (non-hydrogen) atoms. The van der Waals surface area contributed by atoms with Crippen molar-refractivity contribution in [3.05, 3.63) is 18.0 Å². The number of carbonyl (C=O) groups is 1. The van der Waals surface area contributed by atoms with E-state index in [9.17, 15) is 4.79 Å². The van der Waals surface area contributed by atoms with Crippen LogP contribution in [0.1, 0.15) is 26.1 Å². The molecule has 0 unspecified atom stereocenters. The zero-order valence-corrected chi connectivity index (χ0v) is 13.0. The summed E-state index contributed by atoms with van der Waals surface area (Å²) in [7, 11) is 0. The second-order valence-corrected chi connectivity index (χ2v) is 5.30. The van der Waals surface area contributed by atoms with Gasteiger partial charge < -0.3 is 19.4 Å². The average Bonchev–Trinajstić information content (AvgIpc) is 2.87. The summed E-state index contributed by atoms with van der Waals surface area (Å²) in [6, 6.07) is 3.81. The summed E-state index contributed by atoms with van der Waals surface area (Å²) in [6.45, 7) is 6.14. The molecule has 1 aliphatic rings. The predicted molar refractivity (Wildman–Crippen MR) is 83.4 cm³/mol. The molecule has 1 aromatic heterocycles.